The van der Waals surface area contributed by atoms with Crippen LogP contribution in [0.15, 0.2) is 12.5 Å². The van der Waals surface area contributed by atoms with Gasteiger partial charge in [-0.3, -0.25) is 0 Å². The maximum atomic E-state index is 12.0. The molecule has 0 fully saturated rings. The average Bonchev–Trinajstić information content (AvgIpc) is 2.88. The van der Waals surface area contributed by atoms with Crippen LogP contribution in [0.1, 0.15) is 30.8 Å². The van der Waals surface area contributed by atoms with E-state index in [1.165, 1.54) is 12.5 Å². The predicted octanol–water partition coefficient (Wildman–Crippen LogP) is 0.915. The summed E-state index contributed by atoms with van der Waals surface area (Å²) >= 11 is 0. The molecule has 8 heteroatoms. The fourth-order valence-corrected chi connectivity index (χ4v) is 1.75. The first-order valence-electron chi connectivity index (χ1n) is 6.62. The zero-order valence-electron chi connectivity index (χ0n) is 12.1. The number of amides is 2. The van der Waals surface area contributed by atoms with Gasteiger partial charge < -0.3 is 19.9 Å². The molecule has 0 bridgehead atoms. The number of urea groups is 1. The normalized spacial score (nSPS) is 10.2. The van der Waals surface area contributed by atoms with Crippen molar-refractivity contribution in [3.63, 3.8) is 0 Å². The van der Waals surface area contributed by atoms with E-state index in [0.29, 0.717) is 19.6 Å². The van der Waals surface area contributed by atoms with Crippen LogP contribution >= 0.6 is 0 Å². The molecule has 0 atom stereocenters. The second-order valence-corrected chi connectivity index (χ2v) is 4.73. The molecule has 0 saturated carbocycles. The molecule has 1 aromatic heterocycles. The Morgan fingerprint density at radius 1 is 1.57 bits per heavy atom. The molecule has 0 unspecified atom stereocenters. The summed E-state index contributed by atoms with van der Waals surface area (Å²) in [6.07, 6.45) is 3.10. The van der Waals surface area contributed by atoms with Crippen LogP contribution in [-0.2, 0) is 6.54 Å². The fraction of sp³-hybridized carbons (Fsp3) is 0.538. The topological polar surface area (TPSA) is 111 Å². The standard InChI is InChI=1S/C13H19N5O3/c1-10(2)18(6-3-4-14)13(21)15-5-7-17-8-11(12(19)20)16-9-17/h8-10H,3,5-7H2,1-2H3,(H,15,21)(H,19,20). The van der Waals surface area contributed by atoms with Crippen LogP contribution in [0.25, 0.3) is 0 Å². The maximum absolute atomic E-state index is 12.0. The number of rotatable bonds is 7. The average molecular weight is 293 g/mol. The van der Waals surface area contributed by atoms with E-state index in [1.54, 1.807) is 9.47 Å². The van der Waals surface area contributed by atoms with Crippen LogP contribution in [0, 0.1) is 11.3 Å². The second kappa shape index (κ2) is 7.89. The van der Waals surface area contributed by atoms with E-state index in [2.05, 4.69) is 10.3 Å². The van der Waals surface area contributed by atoms with Crippen LogP contribution in [0.4, 0.5) is 4.79 Å². The molecule has 0 radical (unpaired) electrons. The van der Waals surface area contributed by atoms with Gasteiger partial charge in [0.2, 0.25) is 0 Å². The highest BCUT2D eigenvalue weighted by atomic mass is 16.4. The summed E-state index contributed by atoms with van der Waals surface area (Å²) in [5, 5.41) is 20.1. The molecule has 21 heavy (non-hydrogen) atoms. The largest absolute Gasteiger partial charge is 0.476 e. The molecule has 0 aliphatic rings. The van der Waals surface area contributed by atoms with E-state index < -0.39 is 5.97 Å². The Labute approximate surface area is 123 Å². The first-order chi connectivity index (χ1) is 9.95. The number of nitriles is 1. The number of nitrogens with one attached hydrogen (secondary N) is 1. The van der Waals surface area contributed by atoms with E-state index in [0.717, 1.165) is 0 Å². The molecular formula is C13H19N5O3. The molecule has 0 saturated heterocycles. The third-order valence-corrected chi connectivity index (χ3v) is 2.85. The Kier molecular flexibility index (Phi) is 6.20. The fourth-order valence-electron chi connectivity index (χ4n) is 1.75. The number of carboxylic acid groups (broad SMARTS) is 1. The van der Waals surface area contributed by atoms with Crippen molar-refractivity contribution in [3.05, 3.63) is 18.2 Å². The van der Waals surface area contributed by atoms with Crippen molar-refractivity contribution in [3.8, 4) is 6.07 Å². The third-order valence-electron chi connectivity index (χ3n) is 2.85. The van der Waals surface area contributed by atoms with Gasteiger partial charge in [-0.05, 0) is 13.8 Å². The van der Waals surface area contributed by atoms with Crippen molar-refractivity contribution in [2.45, 2.75) is 32.9 Å². The monoisotopic (exact) mass is 293 g/mol. The highest BCUT2D eigenvalue weighted by molar-refractivity contribution is 5.84. The van der Waals surface area contributed by atoms with Crippen LogP contribution in [0.2, 0.25) is 0 Å². The van der Waals surface area contributed by atoms with Crippen LogP contribution in [-0.4, -0.2) is 50.7 Å². The van der Waals surface area contributed by atoms with Gasteiger partial charge >= 0.3 is 12.0 Å². The summed E-state index contributed by atoms with van der Waals surface area (Å²) in [6, 6.07) is 1.78. The molecular weight excluding hydrogens is 274 g/mol. The minimum absolute atomic E-state index is 0.00482. The van der Waals surface area contributed by atoms with Crippen molar-refractivity contribution < 1.29 is 14.7 Å². The Hall–Kier alpha value is -2.56. The van der Waals surface area contributed by atoms with Crippen molar-refractivity contribution in [2.24, 2.45) is 0 Å². The van der Waals surface area contributed by atoms with Crippen LogP contribution in [0.5, 0.6) is 0 Å². The Morgan fingerprint density at radius 2 is 2.29 bits per heavy atom. The summed E-state index contributed by atoms with van der Waals surface area (Å²) < 4.78 is 1.60. The SMILES string of the molecule is CC(C)N(CCC#N)C(=O)NCCn1cnc(C(=O)O)c1. The summed E-state index contributed by atoms with van der Waals surface area (Å²) in [5.74, 6) is -1.08. The maximum Gasteiger partial charge on any atom is 0.356 e. The van der Waals surface area contributed by atoms with E-state index in [-0.39, 0.29) is 24.2 Å². The zero-order chi connectivity index (χ0) is 15.8. The van der Waals surface area contributed by atoms with E-state index in [1.807, 2.05) is 19.9 Å². The second-order valence-electron chi connectivity index (χ2n) is 4.73. The van der Waals surface area contributed by atoms with Gasteiger partial charge in [0, 0.05) is 31.9 Å². The number of carbonyl (C=O) groups is 2. The van der Waals surface area contributed by atoms with Gasteiger partial charge in [-0.25, -0.2) is 14.6 Å². The minimum Gasteiger partial charge on any atom is -0.476 e. The van der Waals surface area contributed by atoms with Gasteiger partial charge in [0.1, 0.15) is 0 Å². The lowest BCUT2D eigenvalue weighted by Gasteiger charge is -2.26. The highest BCUT2D eigenvalue weighted by Gasteiger charge is 2.15. The molecule has 0 aromatic carbocycles. The molecule has 1 rings (SSSR count). The molecule has 0 aliphatic heterocycles. The van der Waals surface area contributed by atoms with E-state index in [9.17, 15) is 9.59 Å². The Morgan fingerprint density at radius 3 is 2.81 bits per heavy atom. The number of imidazole rings is 1. The summed E-state index contributed by atoms with van der Waals surface area (Å²) in [4.78, 5) is 28.0. The van der Waals surface area contributed by atoms with Gasteiger partial charge in [0.15, 0.2) is 5.69 Å². The third kappa shape index (κ3) is 5.14. The van der Waals surface area contributed by atoms with Gasteiger partial charge in [-0.15, -0.1) is 0 Å². The summed E-state index contributed by atoms with van der Waals surface area (Å²) in [7, 11) is 0. The molecule has 2 N–H and O–H groups in total. The quantitative estimate of drug-likeness (QED) is 0.776. The van der Waals surface area contributed by atoms with Gasteiger partial charge in [0.25, 0.3) is 0 Å². The van der Waals surface area contributed by atoms with Crippen molar-refractivity contribution >= 4 is 12.0 Å². The molecule has 2 amide bonds. The van der Waals surface area contributed by atoms with Crippen LogP contribution in [0.3, 0.4) is 0 Å². The van der Waals surface area contributed by atoms with E-state index in [4.69, 9.17) is 10.4 Å². The number of aromatic carboxylic acids is 1. The number of carbonyl (C=O) groups excluding carboxylic acids is 1. The number of aromatic nitrogens is 2. The molecule has 0 spiro atoms. The zero-order valence-corrected chi connectivity index (χ0v) is 12.1. The number of nitrogens with zero attached hydrogens (tertiary/aromatic N) is 4. The Bertz CT molecular complexity index is 532. The number of hydrogen-bond acceptors (Lipinski definition) is 4. The Balaban J connectivity index is 2.44. The van der Waals surface area contributed by atoms with E-state index >= 15 is 0 Å². The highest BCUT2D eigenvalue weighted by Crippen LogP contribution is 2.00. The van der Waals surface area contributed by atoms with Gasteiger partial charge in [-0.2, -0.15) is 5.26 Å². The van der Waals surface area contributed by atoms with Gasteiger partial charge in [0.05, 0.1) is 18.8 Å². The smallest absolute Gasteiger partial charge is 0.356 e. The first-order valence-corrected chi connectivity index (χ1v) is 6.62. The lowest BCUT2D eigenvalue weighted by atomic mass is 10.3. The van der Waals surface area contributed by atoms with Crippen molar-refractivity contribution in [1.29, 1.82) is 5.26 Å². The lowest BCUT2D eigenvalue weighted by Crippen LogP contribution is -2.45. The minimum atomic E-state index is -1.08. The van der Waals surface area contributed by atoms with Crippen molar-refractivity contribution in [2.75, 3.05) is 13.1 Å². The molecule has 1 heterocycles. The predicted molar refractivity (Wildman–Crippen MR) is 74.7 cm³/mol. The number of hydrogen-bond donors (Lipinski definition) is 2. The van der Waals surface area contributed by atoms with Crippen LogP contribution < -0.4 is 5.32 Å². The lowest BCUT2D eigenvalue weighted by molar-refractivity contribution is 0.0691. The summed E-state index contributed by atoms with van der Waals surface area (Å²) in [5.41, 5.74) is -0.0286. The number of carboxylic acids is 1. The summed E-state index contributed by atoms with van der Waals surface area (Å²) in [6.45, 7) is 4.92. The first kappa shape index (κ1) is 16.5. The molecule has 114 valence electrons. The van der Waals surface area contributed by atoms with Crippen molar-refractivity contribution in [1.82, 2.24) is 19.8 Å². The molecule has 0 aliphatic carbocycles. The molecule has 8 nitrogen and oxygen atoms in total. The molecule has 1 aromatic rings. The van der Waals surface area contributed by atoms with Gasteiger partial charge in [-0.1, -0.05) is 0 Å².